The molecule has 1 aromatic carbocycles. The Morgan fingerprint density at radius 3 is 2.56 bits per heavy atom. The molecule has 1 amide bonds. The maximum atomic E-state index is 12.5. The van der Waals surface area contributed by atoms with Crippen LogP contribution in [0.15, 0.2) is 29.3 Å². The monoisotopic (exact) mass is 369 g/mol. The van der Waals surface area contributed by atoms with Crippen LogP contribution in [0.4, 0.5) is 0 Å². The number of aliphatic imine (C=N–C) groups is 1. The van der Waals surface area contributed by atoms with E-state index in [0.717, 1.165) is 44.0 Å². The van der Waals surface area contributed by atoms with Crippen molar-refractivity contribution in [3.63, 3.8) is 0 Å². The van der Waals surface area contributed by atoms with E-state index >= 15 is 0 Å². The summed E-state index contributed by atoms with van der Waals surface area (Å²) >= 11 is 0. The topological polar surface area (TPSA) is 81.0 Å². The van der Waals surface area contributed by atoms with Gasteiger partial charge in [-0.1, -0.05) is 12.1 Å². The minimum Gasteiger partial charge on any atom is -0.368 e. The third-order valence-corrected chi connectivity index (χ3v) is 4.93. The largest absolute Gasteiger partial charge is 0.368 e. The number of amides is 1. The van der Waals surface area contributed by atoms with E-state index in [1.807, 2.05) is 29.2 Å². The van der Waals surface area contributed by atoms with Crippen LogP contribution >= 0.6 is 0 Å². The minimum absolute atomic E-state index is 0.131. The Balaban J connectivity index is 1.56. The second-order valence-electron chi connectivity index (χ2n) is 6.79. The van der Waals surface area contributed by atoms with Crippen molar-refractivity contribution in [1.82, 2.24) is 15.1 Å². The predicted molar refractivity (Wildman–Crippen MR) is 103 cm³/mol. The average molecular weight is 369 g/mol. The molecule has 1 unspecified atom stereocenters. The molecule has 0 aliphatic carbocycles. The van der Waals surface area contributed by atoms with Gasteiger partial charge in [-0.05, 0) is 37.5 Å². The number of benzene rings is 1. The van der Waals surface area contributed by atoms with Gasteiger partial charge in [0.15, 0.2) is 5.96 Å². The molecule has 2 heterocycles. The van der Waals surface area contributed by atoms with Crippen LogP contribution in [0, 0.1) is 11.3 Å². The van der Waals surface area contributed by atoms with Crippen LogP contribution in [0.25, 0.3) is 0 Å². The maximum absolute atomic E-state index is 12.5. The van der Waals surface area contributed by atoms with E-state index < -0.39 is 0 Å². The zero-order valence-corrected chi connectivity index (χ0v) is 15.9. The standard InChI is InChI=1S/C20H27N5O2/c1-2-22-20(23-15-17-7-5-16(14-21)6-8-17)25-11-9-24(10-12-25)19(26)18-4-3-13-27-18/h5-8,18H,2-4,9-13,15H2,1H3,(H,22,23). The maximum Gasteiger partial charge on any atom is 0.251 e. The molecule has 27 heavy (non-hydrogen) atoms. The summed E-state index contributed by atoms with van der Waals surface area (Å²) in [4.78, 5) is 21.3. The van der Waals surface area contributed by atoms with Crippen LogP contribution in [0.2, 0.25) is 0 Å². The zero-order chi connectivity index (χ0) is 19.1. The number of hydrogen-bond acceptors (Lipinski definition) is 4. The van der Waals surface area contributed by atoms with Gasteiger partial charge in [0.2, 0.25) is 0 Å². The van der Waals surface area contributed by atoms with Crippen LogP contribution in [0.1, 0.15) is 30.9 Å². The lowest BCUT2D eigenvalue weighted by molar-refractivity contribution is -0.142. The molecule has 2 saturated heterocycles. The first kappa shape index (κ1) is 19.2. The Morgan fingerprint density at radius 1 is 1.26 bits per heavy atom. The lowest BCUT2D eigenvalue weighted by atomic mass is 10.1. The molecule has 0 radical (unpaired) electrons. The van der Waals surface area contributed by atoms with Gasteiger partial charge in [0.1, 0.15) is 6.10 Å². The number of hydrogen-bond donors (Lipinski definition) is 1. The number of nitrogens with zero attached hydrogens (tertiary/aromatic N) is 4. The summed E-state index contributed by atoms with van der Waals surface area (Å²) in [5.74, 6) is 0.998. The van der Waals surface area contributed by atoms with Gasteiger partial charge in [-0.3, -0.25) is 4.79 Å². The summed E-state index contributed by atoms with van der Waals surface area (Å²) in [5, 5.41) is 12.2. The molecule has 1 N–H and O–H groups in total. The molecule has 0 spiro atoms. The summed E-state index contributed by atoms with van der Waals surface area (Å²) < 4.78 is 5.52. The van der Waals surface area contributed by atoms with Gasteiger partial charge in [-0.15, -0.1) is 0 Å². The van der Waals surface area contributed by atoms with Gasteiger partial charge in [0.05, 0.1) is 18.2 Å². The highest BCUT2D eigenvalue weighted by Crippen LogP contribution is 2.16. The van der Waals surface area contributed by atoms with Crippen LogP contribution in [0.5, 0.6) is 0 Å². The van der Waals surface area contributed by atoms with Gasteiger partial charge in [0, 0.05) is 39.3 Å². The number of ether oxygens (including phenoxy) is 1. The van der Waals surface area contributed by atoms with E-state index in [0.29, 0.717) is 31.8 Å². The third kappa shape index (κ3) is 4.98. The number of piperazine rings is 1. The highest BCUT2D eigenvalue weighted by molar-refractivity contribution is 5.82. The Kier molecular flexibility index (Phi) is 6.66. The summed E-state index contributed by atoms with van der Waals surface area (Å²) in [6.07, 6.45) is 1.58. The second kappa shape index (κ2) is 9.38. The fourth-order valence-electron chi connectivity index (χ4n) is 3.39. The normalized spacial score (nSPS) is 20.4. The van der Waals surface area contributed by atoms with Gasteiger partial charge in [0.25, 0.3) is 5.91 Å². The molecule has 3 rings (SSSR count). The first-order valence-corrected chi connectivity index (χ1v) is 9.64. The molecule has 2 aliphatic heterocycles. The van der Waals surface area contributed by atoms with E-state index in [1.165, 1.54) is 0 Å². The Hall–Kier alpha value is -2.59. The fourth-order valence-corrected chi connectivity index (χ4v) is 3.39. The number of nitrogens with one attached hydrogen (secondary N) is 1. The minimum atomic E-state index is -0.241. The molecular formula is C20H27N5O2. The molecule has 2 aliphatic rings. The van der Waals surface area contributed by atoms with Crippen molar-refractivity contribution in [3.8, 4) is 6.07 Å². The molecule has 1 atom stereocenters. The van der Waals surface area contributed by atoms with E-state index in [2.05, 4.69) is 23.2 Å². The second-order valence-corrected chi connectivity index (χ2v) is 6.79. The molecule has 7 heteroatoms. The van der Waals surface area contributed by atoms with Crippen molar-refractivity contribution in [2.24, 2.45) is 4.99 Å². The molecule has 2 fully saturated rings. The number of carbonyl (C=O) groups is 1. The molecule has 144 valence electrons. The highest BCUT2D eigenvalue weighted by Gasteiger charge is 2.30. The van der Waals surface area contributed by atoms with Crippen molar-refractivity contribution < 1.29 is 9.53 Å². The van der Waals surface area contributed by atoms with Gasteiger partial charge in [-0.2, -0.15) is 5.26 Å². The first-order chi connectivity index (χ1) is 13.2. The molecule has 7 nitrogen and oxygen atoms in total. The van der Waals surface area contributed by atoms with E-state index in [4.69, 9.17) is 15.0 Å². The molecule has 1 aromatic rings. The number of guanidine groups is 1. The zero-order valence-electron chi connectivity index (χ0n) is 15.9. The van der Waals surface area contributed by atoms with E-state index in [-0.39, 0.29) is 12.0 Å². The number of carbonyl (C=O) groups excluding carboxylic acids is 1. The summed E-state index contributed by atoms with van der Waals surface area (Å²) in [6.45, 7) is 7.01. The van der Waals surface area contributed by atoms with Gasteiger partial charge >= 0.3 is 0 Å². The van der Waals surface area contributed by atoms with Gasteiger partial charge < -0.3 is 19.9 Å². The molecule has 0 aromatic heterocycles. The SMILES string of the molecule is CCNC(=NCc1ccc(C#N)cc1)N1CCN(C(=O)C2CCCO2)CC1. The summed E-state index contributed by atoms with van der Waals surface area (Å²) in [6, 6.07) is 9.62. The van der Waals surface area contributed by atoms with Crippen molar-refractivity contribution >= 4 is 11.9 Å². The van der Waals surface area contributed by atoms with Crippen molar-refractivity contribution in [3.05, 3.63) is 35.4 Å². The van der Waals surface area contributed by atoms with Crippen molar-refractivity contribution in [1.29, 1.82) is 5.26 Å². The Morgan fingerprint density at radius 2 is 1.96 bits per heavy atom. The third-order valence-electron chi connectivity index (χ3n) is 4.93. The van der Waals surface area contributed by atoms with Crippen molar-refractivity contribution in [2.75, 3.05) is 39.3 Å². The van der Waals surface area contributed by atoms with Gasteiger partial charge in [-0.25, -0.2) is 4.99 Å². The summed E-state index contributed by atoms with van der Waals surface area (Å²) in [7, 11) is 0. The van der Waals surface area contributed by atoms with Crippen LogP contribution in [0.3, 0.4) is 0 Å². The van der Waals surface area contributed by atoms with E-state index in [1.54, 1.807) is 0 Å². The van der Waals surface area contributed by atoms with Crippen LogP contribution < -0.4 is 5.32 Å². The van der Waals surface area contributed by atoms with Crippen LogP contribution in [-0.4, -0.2) is 67.1 Å². The first-order valence-electron chi connectivity index (χ1n) is 9.64. The summed E-state index contributed by atoms with van der Waals surface area (Å²) in [5.41, 5.74) is 1.72. The molecule has 0 saturated carbocycles. The lowest BCUT2D eigenvalue weighted by Gasteiger charge is -2.37. The predicted octanol–water partition coefficient (Wildman–Crippen LogP) is 1.35. The van der Waals surface area contributed by atoms with E-state index in [9.17, 15) is 4.79 Å². The quantitative estimate of drug-likeness (QED) is 0.640. The number of nitriles is 1. The Labute approximate surface area is 160 Å². The fraction of sp³-hybridized carbons (Fsp3) is 0.550. The lowest BCUT2D eigenvalue weighted by Crippen LogP contribution is -2.55. The Bertz CT molecular complexity index is 696. The smallest absolute Gasteiger partial charge is 0.251 e. The van der Waals surface area contributed by atoms with Crippen LogP contribution in [-0.2, 0) is 16.1 Å². The molecular weight excluding hydrogens is 342 g/mol. The highest BCUT2D eigenvalue weighted by atomic mass is 16.5. The molecule has 0 bridgehead atoms. The number of rotatable bonds is 4. The average Bonchev–Trinajstić information content (AvgIpc) is 3.26. The van der Waals surface area contributed by atoms with Crippen molar-refractivity contribution in [2.45, 2.75) is 32.4 Å².